The molecule has 4 N–H and O–H groups in total. The van der Waals surface area contributed by atoms with Gasteiger partial charge in [0.1, 0.15) is 14.7 Å². The fraction of sp³-hybridized carbons (Fsp3) is 0.308. The molecule has 4 heterocycles. The Hall–Kier alpha value is -3.76. The molecule has 186 valence electrons. The van der Waals surface area contributed by atoms with Gasteiger partial charge in [-0.2, -0.15) is 0 Å². The summed E-state index contributed by atoms with van der Waals surface area (Å²) in [6.45, 7) is 9.90. The summed E-state index contributed by atoms with van der Waals surface area (Å²) in [7, 11) is -2.17. The number of rotatable bonds is 5. The summed E-state index contributed by atoms with van der Waals surface area (Å²) in [5.41, 5.74) is 15.7. The number of carbonyl (C=O) groups is 2. The molecule has 36 heavy (non-hydrogen) atoms. The molecule has 0 bridgehead atoms. The quantitative estimate of drug-likeness (QED) is 0.238. The molecule has 0 saturated heterocycles. The summed E-state index contributed by atoms with van der Waals surface area (Å²) in [4.78, 5) is 43.9. The molecule has 0 fully saturated rings. The van der Waals surface area contributed by atoms with E-state index in [1.807, 2.05) is 17.8 Å². The number of fused-ring (bicyclic) bond motifs is 5. The number of aromatic nitrogens is 2. The van der Waals surface area contributed by atoms with E-state index in [4.69, 9.17) is 25.9 Å². The van der Waals surface area contributed by atoms with Gasteiger partial charge in [-0.3, -0.25) is 9.59 Å². The average Bonchev–Trinajstić information content (AvgIpc) is 3.22. The number of cyclic esters (lactones) is 1. The number of nitrogens with two attached hydrogens (primary N) is 2. The molecule has 3 aromatic rings. The van der Waals surface area contributed by atoms with Crippen LogP contribution in [0.1, 0.15) is 30.0 Å². The second kappa shape index (κ2) is 8.14. The smallest absolute Gasteiger partial charge is 0.355 e. The first kappa shape index (κ1) is 24.0. The first-order valence-corrected chi connectivity index (χ1v) is 14.9. The zero-order valence-electron chi connectivity index (χ0n) is 20.5. The van der Waals surface area contributed by atoms with Crippen molar-refractivity contribution in [1.29, 1.82) is 0 Å². The summed E-state index contributed by atoms with van der Waals surface area (Å²) in [5, 5.41) is 2.07. The molecule has 0 unspecified atom stereocenters. The van der Waals surface area contributed by atoms with Crippen molar-refractivity contribution in [1.82, 2.24) is 9.55 Å². The minimum atomic E-state index is -2.17. The Morgan fingerprint density at radius 3 is 2.72 bits per heavy atom. The topological polar surface area (TPSA) is 140 Å². The normalized spacial score (nSPS) is 18.3. The van der Waals surface area contributed by atoms with Crippen molar-refractivity contribution < 1.29 is 19.1 Å². The van der Waals surface area contributed by atoms with Crippen LogP contribution < -0.4 is 22.2 Å². The molecular weight excluding hydrogens is 476 g/mol. The Labute approximate surface area is 208 Å². The average molecular weight is 505 g/mol. The molecule has 0 aliphatic carbocycles. The largest absolute Gasteiger partial charge is 0.457 e. The number of nitrogen functional groups attached to an aromatic ring is 1. The first-order chi connectivity index (χ1) is 17.1. The Kier molecular flexibility index (Phi) is 5.42. The van der Waals surface area contributed by atoms with Gasteiger partial charge in [-0.05, 0) is 35.9 Å². The second-order valence-electron chi connectivity index (χ2n) is 9.76. The number of esters is 2. The van der Waals surface area contributed by atoms with E-state index in [-0.39, 0.29) is 24.2 Å². The number of anilines is 1. The second-order valence-corrected chi connectivity index (χ2v) is 14.1. The van der Waals surface area contributed by atoms with E-state index in [9.17, 15) is 14.4 Å². The van der Waals surface area contributed by atoms with Crippen LogP contribution in [-0.4, -0.2) is 36.1 Å². The maximum absolute atomic E-state index is 13.8. The van der Waals surface area contributed by atoms with Crippen molar-refractivity contribution in [3.8, 4) is 11.4 Å². The van der Waals surface area contributed by atoms with Crippen LogP contribution in [0.5, 0.6) is 0 Å². The van der Waals surface area contributed by atoms with E-state index in [1.165, 1.54) is 0 Å². The third-order valence-corrected chi connectivity index (χ3v) is 10.2. The highest BCUT2D eigenvalue weighted by Gasteiger charge is 2.50. The summed E-state index contributed by atoms with van der Waals surface area (Å²) in [5.74, 6) is -1.48. The molecule has 1 atom stereocenters. The molecule has 5 rings (SSSR count). The monoisotopic (exact) mass is 504 g/mol. The molecule has 2 aliphatic heterocycles. The van der Waals surface area contributed by atoms with Crippen LogP contribution >= 0.6 is 0 Å². The highest BCUT2D eigenvalue weighted by Crippen LogP contribution is 2.41. The number of pyridine rings is 2. The summed E-state index contributed by atoms with van der Waals surface area (Å²) < 4.78 is 12.6. The van der Waals surface area contributed by atoms with Gasteiger partial charge in [-0.1, -0.05) is 25.7 Å². The molecule has 0 saturated carbocycles. The van der Waals surface area contributed by atoms with E-state index in [0.717, 1.165) is 21.7 Å². The molecule has 2 aromatic heterocycles. The third-order valence-electron chi connectivity index (χ3n) is 7.29. The first-order valence-electron chi connectivity index (χ1n) is 11.8. The van der Waals surface area contributed by atoms with Crippen LogP contribution in [0.3, 0.4) is 0 Å². The molecule has 2 aliphatic rings. The third kappa shape index (κ3) is 3.25. The van der Waals surface area contributed by atoms with Gasteiger partial charge in [0.2, 0.25) is 5.60 Å². The fourth-order valence-electron chi connectivity index (χ4n) is 5.33. The van der Waals surface area contributed by atoms with Crippen LogP contribution in [0, 0.1) is 0 Å². The van der Waals surface area contributed by atoms with Crippen LogP contribution in [0.15, 0.2) is 41.3 Å². The van der Waals surface area contributed by atoms with Crippen molar-refractivity contribution >= 4 is 41.8 Å². The van der Waals surface area contributed by atoms with Crippen LogP contribution in [0.25, 0.3) is 22.3 Å². The molecule has 1 aromatic carbocycles. The molecule has 9 nitrogen and oxygen atoms in total. The van der Waals surface area contributed by atoms with Gasteiger partial charge in [0.05, 0.1) is 35.6 Å². The summed E-state index contributed by atoms with van der Waals surface area (Å²) in [6, 6.07) is 7.34. The lowest BCUT2D eigenvalue weighted by Crippen LogP contribution is -2.48. The Morgan fingerprint density at radius 2 is 2.06 bits per heavy atom. The minimum Gasteiger partial charge on any atom is -0.457 e. The highest BCUT2D eigenvalue weighted by atomic mass is 28.3. The van der Waals surface area contributed by atoms with Gasteiger partial charge in [-0.25, -0.2) is 9.78 Å². The maximum atomic E-state index is 13.8. The van der Waals surface area contributed by atoms with Gasteiger partial charge in [-0.15, -0.1) is 6.58 Å². The minimum absolute atomic E-state index is 0.0897. The van der Waals surface area contributed by atoms with E-state index in [2.05, 4.69) is 19.7 Å². The predicted octanol–water partition coefficient (Wildman–Crippen LogP) is 1.81. The lowest BCUT2D eigenvalue weighted by Gasteiger charge is -2.35. The zero-order chi connectivity index (χ0) is 26.0. The number of ether oxygens (including phenoxy) is 2. The lowest BCUT2D eigenvalue weighted by atomic mass is 9.85. The van der Waals surface area contributed by atoms with Crippen molar-refractivity contribution in [2.75, 3.05) is 12.3 Å². The van der Waals surface area contributed by atoms with Crippen LogP contribution in [0.2, 0.25) is 13.1 Å². The van der Waals surface area contributed by atoms with Crippen LogP contribution in [0.4, 0.5) is 5.69 Å². The Morgan fingerprint density at radius 1 is 1.31 bits per heavy atom. The van der Waals surface area contributed by atoms with Gasteiger partial charge < -0.3 is 25.5 Å². The lowest BCUT2D eigenvalue weighted by molar-refractivity contribution is -0.188. The van der Waals surface area contributed by atoms with E-state index >= 15 is 0 Å². The number of carbonyl (C=O) groups excluding carboxylic acids is 2. The van der Waals surface area contributed by atoms with Crippen molar-refractivity contribution in [3.63, 3.8) is 0 Å². The van der Waals surface area contributed by atoms with Gasteiger partial charge in [0.15, 0.2) is 0 Å². The van der Waals surface area contributed by atoms with E-state index < -0.39 is 32.2 Å². The number of benzene rings is 1. The zero-order valence-corrected chi connectivity index (χ0v) is 21.5. The number of nitrogens with zero attached hydrogens (tertiary/aromatic N) is 2. The SMILES string of the molecule is C=C[Si](C)(C)c1c2c(nc3ccc(N)cc13)-c1cc3c(c(=O)n1C2)COC(=O)[C@@]3(CC)OC(=O)CN. The summed E-state index contributed by atoms with van der Waals surface area (Å²) >= 11 is 0. The number of hydrogen-bond acceptors (Lipinski definition) is 8. The fourth-order valence-corrected chi connectivity index (χ4v) is 7.40. The maximum Gasteiger partial charge on any atom is 0.355 e. The number of hydrogen-bond donors (Lipinski definition) is 2. The Balaban J connectivity index is 1.84. The van der Waals surface area contributed by atoms with E-state index in [0.29, 0.717) is 29.2 Å². The van der Waals surface area contributed by atoms with Crippen molar-refractivity contribution in [2.45, 2.75) is 45.2 Å². The standard InChI is InChI=1S/C26H28N4O5Si/c1-5-26(35-21(31)11-27)18-10-20-22-16(12-30(20)24(32)17(18)13-34-25(26)33)23(36(3,4)6-2)15-9-14(28)7-8-19(15)29-22/h6-10H,2,5,11-13,27-28H2,1,3-4H3/t26-/m0/s1. The molecule has 0 amide bonds. The Bertz CT molecular complexity index is 1540. The molecule has 10 heteroatoms. The van der Waals surface area contributed by atoms with Crippen molar-refractivity contribution in [2.24, 2.45) is 5.73 Å². The van der Waals surface area contributed by atoms with Crippen molar-refractivity contribution in [3.05, 3.63) is 63.6 Å². The highest BCUT2D eigenvalue weighted by molar-refractivity contribution is 6.95. The van der Waals surface area contributed by atoms with Gasteiger partial charge >= 0.3 is 11.9 Å². The van der Waals surface area contributed by atoms with Crippen LogP contribution in [-0.2, 0) is 37.8 Å². The molecule has 0 radical (unpaired) electrons. The summed E-state index contributed by atoms with van der Waals surface area (Å²) in [6.07, 6.45) is 0.0897. The molecule has 0 spiro atoms. The van der Waals surface area contributed by atoms with Gasteiger partial charge in [0.25, 0.3) is 5.56 Å². The predicted molar refractivity (Wildman–Crippen MR) is 139 cm³/mol. The van der Waals surface area contributed by atoms with Gasteiger partial charge in [0, 0.05) is 22.2 Å². The van der Waals surface area contributed by atoms with E-state index in [1.54, 1.807) is 23.6 Å². The molecular formula is C26H28N4O5Si.